The van der Waals surface area contributed by atoms with Crippen LogP contribution < -0.4 is 9.47 Å². The first-order valence-electron chi connectivity index (χ1n) is 6.84. The summed E-state index contributed by atoms with van der Waals surface area (Å²) in [6, 6.07) is 5.98. The van der Waals surface area contributed by atoms with Crippen LogP contribution in [0.4, 0.5) is 0 Å². The second-order valence-corrected chi connectivity index (χ2v) is 5.17. The van der Waals surface area contributed by atoms with Crippen molar-refractivity contribution < 1.29 is 19.0 Å². The third kappa shape index (κ3) is 2.53. The Balaban J connectivity index is 1.71. The molecule has 1 aromatic carbocycles. The van der Waals surface area contributed by atoms with Crippen molar-refractivity contribution in [2.24, 2.45) is 5.92 Å². The summed E-state index contributed by atoms with van der Waals surface area (Å²) in [5, 5.41) is 0. The molecule has 0 spiro atoms. The highest BCUT2D eigenvalue weighted by atomic mass is 16.7. The SMILES string of the molecule is CCC[C@H]1OC(=O)C[C@H]1Cc1ccc2c(c1)OCO2. The maximum absolute atomic E-state index is 11.4. The van der Waals surface area contributed by atoms with Gasteiger partial charge in [-0.3, -0.25) is 4.79 Å². The highest BCUT2D eigenvalue weighted by Gasteiger charge is 2.34. The van der Waals surface area contributed by atoms with E-state index < -0.39 is 0 Å². The molecule has 0 radical (unpaired) electrons. The Morgan fingerprint density at radius 3 is 2.95 bits per heavy atom. The average Bonchev–Trinajstić information content (AvgIpc) is 2.97. The van der Waals surface area contributed by atoms with Gasteiger partial charge in [0.25, 0.3) is 0 Å². The molecule has 19 heavy (non-hydrogen) atoms. The minimum Gasteiger partial charge on any atom is -0.462 e. The van der Waals surface area contributed by atoms with Gasteiger partial charge in [-0.25, -0.2) is 0 Å². The van der Waals surface area contributed by atoms with Crippen LogP contribution in [0.3, 0.4) is 0 Å². The zero-order valence-electron chi connectivity index (χ0n) is 11.1. The molecule has 3 rings (SSSR count). The molecule has 1 saturated heterocycles. The van der Waals surface area contributed by atoms with E-state index in [2.05, 4.69) is 6.92 Å². The summed E-state index contributed by atoms with van der Waals surface area (Å²) in [7, 11) is 0. The summed E-state index contributed by atoms with van der Waals surface area (Å²) < 4.78 is 16.1. The Hall–Kier alpha value is -1.71. The van der Waals surface area contributed by atoms with E-state index >= 15 is 0 Å². The summed E-state index contributed by atoms with van der Waals surface area (Å²) >= 11 is 0. The van der Waals surface area contributed by atoms with E-state index in [0.29, 0.717) is 13.2 Å². The Labute approximate surface area is 112 Å². The minimum absolute atomic E-state index is 0.0656. The molecule has 0 aromatic heterocycles. The van der Waals surface area contributed by atoms with E-state index in [1.807, 2.05) is 18.2 Å². The lowest BCUT2D eigenvalue weighted by Gasteiger charge is -2.16. The zero-order valence-corrected chi connectivity index (χ0v) is 11.1. The van der Waals surface area contributed by atoms with Crippen LogP contribution in [0, 0.1) is 5.92 Å². The molecule has 4 heteroatoms. The Bertz CT molecular complexity index is 483. The summed E-state index contributed by atoms with van der Waals surface area (Å²) in [6.45, 7) is 2.41. The number of hydrogen-bond acceptors (Lipinski definition) is 4. The first kappa shape index (κ1) is 12.3. The fourth-order valence-electron chi connectivity index (χ4n) is 2.81. The first-order chi connectivity index (χ1) is 9.26. The van der Waals surface area contributed by atoms with Crippen LogP contribution in [-0.4, -0.2) is 18.9 Å². The van der Waals surface area contributed by atoms with Crippen molar-refractivity contribution in [3.63, 3.8) is 0 Å². The van der Waals surface area contributed by atoms with Gasteiger partial charge in [-0.1, -0.05) is 19.4 Å². The topological polar surface area (TPSA) is 44.8 Å². The molecule has 2 aliphatic heterocycles. The van der Waals surface area contributed by atoms with E-state index in [1.165, 1.54) is 5.56 Å². The molecule has 2 heterocycles. The van der Waals surface area contributed by atoms with E-state index in [4.69, 9.17) is 14.2 Å². The summed E-state index contributed by atoms with van der Waals surface area (Å²) in [5.74, 6) is 1.82. The van der Waals surface area contributed by atoms with Crippen LogP contribution in [-0.2, 0) is 16.0 Å². The molecule has 4 nitrogen and oxygen atoms in total. The van der Waals surface area contributed by atoms with Crippen LogP contribution in [0.25, 0.3) is 0 Å². The van der Waals surface area contributed by atoms with Gasteiger partial charge < -0.3 is 14.2 Å². The smallest absolute Gasteiger partial charge is 0.306 e. The molecule has 1 fully saturated rings. The fourth-order valence-corrected chi connectivity index (χ4v) is 2.81. The van der Waals surface area contributed by atoms with Gasteiger partial charge in [0, 0.05) is 5.92 Å². The molecule has 2 atom stereocenters. The first-order valence-corrected chi connectivity index (χ1v) is 6.84. The molecule has 0 bridgehead atoms. The monoisotopic (exact) mass is 262 g/mol. The predicted molar refractivity (Wildman–Crippen MR) is 69.2 cm³/mol. The third-order valence-corrected chi connectivity index (χ3v) is 3.75. The van der Waals surface area contributed by atoms with Crippen molar-refractivity contribution in [1.82, 2.24) is 0 Å². The van der Waals surface area contributed by atoms with Crippen molar-refractivity contribution in [2.75, 3.05) is 6.79 Å². The molecule has 2 aliphatic rings. The highest BCUT2D eigenvalue weighted by molar-refractivity contribution is 5.72. The lowest BCUT2D eigenvalue weighted by Crippen LogP contribution is -2.17. The van der Waals surface area contributed by atoms with E-state index in [0.717, 1.165) is 30.8 Å². The highest BCUT2D eigenvalue weighted by Crippen LogP contribution is 2.35. The second kappa shape index (κ2) is 5.11. The molecular formula is C15H18O4. The van der Waals surface area contributed by atoms with E-state index in [1.54, 1.807) is 0 Å². The van der Waals surface area contributed by atoms with Crippen LogP contribution in [0.5, 0.6) is 11.5 Å². The molecule has 0 N–H and O–H groups in total. The van der Waals surface area contributed by atoms with Crippen molar-refractivity contribution in [3.05, 3.63) is 23.8 Å². The average molecular weight is 262 g/mol. The Kier molecular flexibility index (Phi) is 3.32. The lowest BCUT2D eigenvalue weighted by molar-refractivity contribution is -0.141. The molecule has 0 unspecified atom stereocenters. The second-order valence-electron chi connectivity index (χ2n) is 5.17. The number of carbonyl (C=O) groups excluding carboxylic acids is 1. The molecule has 0 aliphatic carbocycles. The zero-order chi connectivity index (χ0) is 13.2. The van der Waals surface area contributed by atoms with Crippen molar-refractivity contribution in [2.45, 2.75) is 38.7 Å². The van der Waals surface area contributed by atoms with Gasteiger partial charge in [0.1, 0.15) is 6.10 Å². The minimum atomic E-state index is -0.0656. The molecular weight excluding hydrogens is 244 g/mol. The standard InChI is InChI=1S/C15H18O4/c1-2-3-12-11(8-15(16)19-12)6-10-4-5-13-14(7-10)18-9-17-13/h4-5,7,11-12H,2-3,6,8-9H2,1H3/t11-,12-/m1/s1. The quantitative estimate of drug-likeness (QED) is 0.783. The van der Waals surface area contributed by atoms with E-state index in [9.17, 15) is 4.79 Å². The van der Waals surface area contributed by atoms with Crippen LogP contribution in [0.1, 0.15) is 31.7 Å². The maximum Gasteiger partial charge on any atom is 0.306 e. The molecule has 0 saturated carbocycles. The number of cyclic esters (lactones) is 1. The van der Waals surface area contributed by atoms with Gasteiger partial charge in [-0.2, -0.15) is 0 Å². The Morgan fingerprint density at radius 2 is 2.11 bits per heavy atom. The van der Waals surface area contributed by atoms with Gasteiger partial charge in [0.05, 0.1) is 6.42 Å². The number of carbonyl (C=O) groups is 1. The molecule has 1 aromatic rings. The fraction of sp³-hybridized carbons (Fsp3) is 0.533. The summed E-state index contributed by atoms with van der Waals surface area (Å²) in [5.41, 5.74) is 1.17. The normalized spacial score (nSPS) is 24.6. The number of hydrogen-bond donors (Lipinski definition) is 0. The van der Waals surface area contributed by atoms with Crippen molar-refractivity contribution >= 4 is 5.97 Å². The van der Waals surface area contributed by atoms with Gasteiger partial charge >= 0.3 is 5.97 Å². The largest absolute Gasteiger partial charge is 0.462 e. The molecule has 0 amide bonds. The summed E-state index contributed by atoms with van der Waals surface area (Å²) in [4.78, 5) is 11.4. The van der Waals surface area contributed by atoms with E-state index in [-0.39, 0.29) is 18.0 Å². The number of benzene rings is 1. The predicted octanol–water partition coefficient (Wildman–Crippen LogP) is 2.69. The van der Waals surface area contributed by atoms with Crippen molar-refractivity contribution in [3.8, 4) is 11.5 Å². The van der Waals surface area contributed by atoms with Crippen molar-refractivity contribution in [1.29, 1.82) is 0 Å². The third-order valence-electron chi connectivity index (χ3n) is 3.75. The van der Waals surface area contributed by atoms with Crippen LogP contribution >= 0.6 is 0 Å². The van der Waals surface area contributed by atoms with Gasteiger partial charge in [-0.05, 0) is 30.5 Å². The number of rotatable bonds is 4. The number of esters is 1. The number of fused-ring (bicyclic) bond motifs is 1. The van der Waals surface area contributed by atoms with Gasteiger partial charge in [-0.15, -0.1) is 0 Å². The van der Waals surface area contributed by atoms with Gasteiger partial charge in [0.15, 0.2) is 11.5 Å². The summed E-state index contributed by atoms with van der Waals surface area (Å²) in [6.07, 6.45) is 3.44. The van der Waals surface area contributed by atoms with Gasteiger partial charge in [0.2, 0.25) is 6.79 Å². The Morgan fingerprint density at radius 1 is 1.26 bits per heavy atom. The van der Waals surface area contributed by atoms with Crippen LogP contribution in [0.15, 0.2) is 18.2 Å². The number of ether oxygens (including phenoxy) is 3. The lowest BCUT2D eigenvalue weighted by atomic mass is 9.91. The maximum atomic E-state index is 11.4. The van der Waals surface area contributed by atoms with Crippen LogP contribution in [0.2, 0.25) is 0 Å². The molecule has 102 valence electrons.